The number of nitrogens with one attached hydrogen (secondary N) is 2. The predicted octanol–water partition coefficient (Wildman–Crippen LogP) is 3.41. The van der Waals surface area contributed by atoms with Gasteiger partial charge >= 0.3 is 0 Å². The van der Waals surface area contributed by atoms with Crippen molar-refractivity contribution in [1.29, 1.82) is 0 Å². The van der Waals surface area contributed by atoms with Crippen molar-refractivity contribution in [1.82, 2.24) is 24.8 Å². The number of imidazole rings is 1. The Labute approximate surface area is 183 Å². The van der Waals surface area contributed by atoms with Gasteiger partial charge < -0.3 is 15.4 Å². The van der Waals surface area contributed by atoms with Gasteiger partial charge in [0.25, 0.3) is 5.91 Å². The highest BCUT2D eigenvalue weighted by Crippen LogP contribution is 2.25. The molecule has 1 amide bonds. The van der Waals surface area contributed by atoms with Crippen LogP contribution >= 0.6 is 23.2 Å². The molecule has 1 fully saturated rings. The van der Waals surface area contributed by atoms with Crippen LogP contribution in [-0.2, 0) is 11.3 Å². The van der Waals surface area contributed by atoms with E-state index in [9.17, 15) is 4.79 Å². The first kappa shape index (κ1) is 20.6. The number of carbonyl (C=O) groups excluding carboxylic acids is 1. The van der Waals surface area contributed by atoms with Crippen molar-refractivity contribution in [2.24, 2.45) is 0 Å². The molecule has 2 N–H and O–H groups in total. The number of aromatic nitrogens is 4. The van der Waals surface area contributed by atoms with Crippen molar-refractivity contribution in [3.8, 4) is 5.82 Å². The Kier molecular flexibility index (Phi) is 6.17. The van der Waals surface area contributed by atoms with Gasteiger partial charge in [0.05, 0.1) is 22.7 Å². The largest absolute Gasteiger partial charge is 0.379 e. The number of anilines is 1. The van der Waals surface area contributed by atoms with Gasteiger partial charge in [0.2, 0.25) is 5.95 Å². The summed E-state index contributed by atoms with van der Waals surface area (Å²) in [4.78, 5) is 25.6. The standard InChI is InChI=1S/C20H20Cl2N6O2/c1-12-7-24-20(26-14-5-6-30-10-14)27-18(12)28-9-16(25-11-28)19(29)23-8-13-3-2-4-15(21)17(13)22/h2-4,7,9,11,14H,5-6,8,10H2,1H3,(H,23,29)(H,24,26,27). The number of ether oxygens (including phenoxy) is 1. The summed E-state index contributed by atoms with van der Waals surface area (Å²) in [5.74, 6) is 0.843. The molecular formula is C20H20Cl2N6O2. The summed E-state index contributed by atoms with van der Waals surface area (Å²) >= 11 is 12.2. The van der Waals surface area contributed by atoms with Gasteiger partial charge in [-0.15, -0.1) is 0 Å². The zero-order valence-corrected chi connectivity index (χ0v) is 17.7. The van der Waals surface area contributed by atoms with Gasteiger partial charge in [-0.05, 0) is 25.0 Å². The molecule has 156 valence electrons. The lowest BCUT2D eigenvalue weighted by molar-refractivity contribution is 0.0946. The van der Waals surface area contributed by atoms with Crippen LogP contribution < -0.4 is 10.6 Å². The average Bonchev–Trinajstić information content (AvgIpc) is 3.42. The molecule has 1 aromatic carbocycles. The van der Waals surface area contributed by atoms with Gasteiger partial charge in [-0.25, -0.2) is 9.97 Å². The molecule has 2 aromatic heterocycles. The summed E-state index contributed by atoms with van der Waals surface area (Å²) < 4.78 is 7.08. The maximum atomic E-state index is 12.5. The van der Waals surface area contributed by atoms with Crippen LogP contribution in [0.1, 0.15) is 28.0 Å². The van der Waals surface area contributed by atoms with Gasteiger partial charge in [-0.3, -0.25) is 9.36 Å². The van der Waals surface area contributed by atoms with Gasteiger partial charge in [0.1, 0.15) is 17.8 Å². The Hall–Kier alpha value is -2.68. The van der Waals surface area contributed by atoms with Crippen LogP contribution in [0.3, 0.4) is 0 Å². The summed E-state index contributed by atoms with van der Waals surface area (Å²) in [6, 6.07) is 5.49. The number of benzene rings is 1. The number of amides is 1. The van der Waals surface area contributed by atoms with Crippen LogP contribution in [0.5, 0.6) is 0 Å². The lowest BCUT2D eigenvalue weighted by atomic mass is 10.2. The van der Waals surface area contributed by atoms with Crippen LogP contribution in [0, 0.1) is 6.92 Å². The summed E-state index contributed by atoms with van der Waals surface area (Å²) in [7, 11) is 0. The van der Waals surface area contributed by atoms with Crippen molar-refractivity contribution in [3.63, 3.8) is 0 Å². The highest BCUT2D eigenvalue weighted by atomic mass is 35.5. The third kappa shape index (κ3) is 4.56. The first-order valence-corrected chi connectivity index (χ1v) is 10.2. The van der Waals surface area contributed by atoms with E-state index in [0.717, 1.165) is 24.2 Å². The highest BCUT2D eigenvalue weighted by molar-refractivity contribution is 6.42. The van der Waals surface area contributed by atoms with Crippen LogP contribution in [0.2, 0.25) is 10.0 Å². The molecule has 1 saturated heterocycles. The number of halogens is 2. The zero-order chi connectivity index (χ0) is 21.1. The Morgan fingerprint density at radius 2 is 2.20 bits per heavy atom. The minimum absolute atomic E-state index is 0.197. The molecular weight excluding hydrogens is 427 g/mol. The van der Waals surface area contributed by atoms with E-state index in [1.165, 1.54) is 0 Å². The van der Waals surface area contributed by atoms with Crippen molar-refractivity contribution < 1.29 is 9.53 Å². The minimum atomic E-state index is -0.321. The second kappa shape index (κ2) is 8.99. The molecule has 10 heteroatoms. The molecule has 4 rings (SSSR count). The number of aryl methyl sites for hydroxylation is 1. The third-order valence-corrected chi connectivity index (χ3v) is 5.60. The molecule has 1 unspecified atom stereocenters. The van der Waals surface area contributed by atoms with E-state index in [1.54, 1.807) is 41.5 Å². The monoisotopic (exact) mass is 446 g/mol. The second-order valence-electron chi connectivity index (χ2n) is 6.97. The zero-order valence-electron chi connectivity index (χ0n) is 16.2. The van der Waals surface area contributed by atoms with Crippen LogP contribution in [-0.4, -0.2) is 44.7 Å². The Morgan fingerprint density at radius 3 is 3.00 bits per heavy atom. The van der Waals surface area contributed by atoms with Gasteiger partial charge in [0.15, 0.2) is 0 Å². The SMILES string of the molecule is Cc1cnc(NC2CCOC2)nc1-n1cnc(C(=O)NCc2cccc(Cl)c2Cl)c1. The van der Waals surface area contributed by atoms with Gasteiger partial charge in [0, 0.05) is 31.1 Å². The summed E-state index contributed by atoms with van der Waals surface area (Å²) in [6.45, 7) is 3.52. The normalized spacial score (nSPS) is 15.9. The minimum Gasteiger partial charge on any atom is -0.379 e. The van der Waals surface area contributed by atoms with Crippen LogP contribution in [0.15, 0.2) is 36.9 Å². The number of hydrogen-bond acceptors (Lipinski definition) is 6. The fourth-order valence-corrected chi connectivity index (χ4v) is 3.49. The molecule has 3 heterocycles. The fraction of sp³-hybridized carbons (Fsp3) is 0.300. The molecule has 0 bridgehead atoms. The Bertz CT molecular complexity index is 1070. The summed E-state index contributed by atoms with van der Waals surface area (Å²) in [5, 5.41) is 6.95. The smallest absolute Gasteiger partial charge is 0.271 e. The molecule has 8 nitrogen and oxygen atoms in total. The van der Waals surface area contributed by atoms with Crippen molar-refractivity contribution in [3.05, 3.63) is 63.8 Å². The summed E-state index contributed by atoms with van der Waals surface area (Å²) in [5.41, 5.74) is 1.86. The van der Waals surface area contributed by atoms with E-state index < -0.39 is 0 Å². The molecule has 0 spiro atoms. The van der Waals surface area contributed by atoms with Crippen molar-refractivity contribution >= 4 is 35.1 Å². The first-order chi connectivity index (χ1) is 14.5. The van der Waals surface area contributed by atoms with Crippen LogP contribution in [0.4, 0.5) is 5.95 Å². The highest BCUT2D eigenvalue weighted by Gasteiger charge is 2.18. The van der Waals surface area contributed by atoms with E-state index in [4.69, 9.17) is 27.9 Å². The molecule has 1 aliphatic rings. The van der Waals surface area contributed by atoms with Crippen molar-refractivity contribution in [2.75, 3.05) is 18.5 Å². The molecule has 30 heavy (non-hydrogen) atoms. The molecule has 0 radical (unpaired) electrons. The number of rotatable bonds is 6. The maximum Gasteiger partial charge on any atom is 0.271 e. The Balaban J connectivity index is 1.46. The second-order valence-corrected chi connectivity index (χ2v) is 7.75. The van der Waals surface area contributed by atoms with E-state index in [2.05, 4.69) is 25.6 Å². The Morgan fingerprint density at radius 1 is 1.33 bits per heavy atom. The third-order valence-electron chi connectivity index (χ3n) is 4.74. The molecule has 0 saturated carbocycles. The van der Waals surface area contributed by atoms with E-state index >= 15 is 0 Å². The van der Waals surface area contributed by atoms with E-state index in [-0.39, 0.29) is 24.2 Å². The number of hydrogen-bond donors (Lipinski definition) is 2. The molecule has 0 aliphatic carbocycles. The van der Waals surface area contributed by atoms with E-state index in [0.29, 0.717) is 28.4 Å². The average molecular weight is 447 g/mol. The molecule has 1 atom stereocenters. The summed E-state index contributed by atoms with van der Waals surface area (Å²) in [6.07, 6.45) is 5.84. The predicted molar refractivity (Wildman–Crippen MR) is 114 cm³/mol. The first-order valence-electron chi connectivity index (χ1n) is 9.44. The molecule has 1 aliphatic heterocycles. The number of nitrogens with zero attached hydrogens (tertiary/aromatic N) is 4. The quantitative estimate of drug-likeness (QED) is 0.602. The maximum absolute atomic E-state index is 12.5. The van der Waals surface area contributed by atoms with Gasteiger partial charge in [-0.2, -0.15) is 4.98 Å². The van der Waals surface area contributed by atoms with E-state index in [1.807, 2.05) is 6.92 Å². The topological polar surface area (TPSA) is 94.0 Å². The number of carbonyl (C=O) groups is 1. The fourth-order valence-electron chi connectivity index (χ4n) is 3.10. The molecule has 3 aromatic rings. The van der Waals surface area contributed by atoms with Crippen molar-refractivity contribution in [2.45, 2.75) is 25.9 Å². The van der Waals surface area contributed by atoms with Crippen LogP contribution in [0.25, 0.3) is 5.82 Å². The van der Waals surface area contributed by atoms with Gasteiger partial charge in [-0.1, -0.05) is 35.3 Å². The lowest BCUT2D eigenvalue weighted by Gasteiger charge is -2.12. The lowest BCUT2D eigenvalue weighted by Crippen LogP contribution is -2.23.